The lowest BCUT2D eigenvalue weighted by Gasteiger charge is -2.62. The quantitative estimate of drug-likeness (QED) is 0.629. The van der Waals surface area contributed by atoms with Crippen molar-refractivity contribution >= 4 is 11.9 Å². The fraction of sp³-hybridized carbons (Fsp3) is 0.867. The minimum atomic E-state index is 0.0829. The molecule has 1 fully saturated rings. The van der Waals surface area contributed by atoms with Crippen molar-refractivity contribution in [2.24, 2.45) is 10.4 Å². The van der Waals surface area contributed by atoms with Crippen LogP contribution in [0.5, 0.6) is 0 Å². The first kappa shape index (κ1) is 16.8. The Hall–Kier alpha value is -1.26. The standard InChI is InChI=1S/C15H30N4O/c1-8-16-13(17-10-9-12(20)18(6)7)19-11-14(2,3)15(19,4)5/h8-11H2,1-7H3,(H,16,17). The van der Waals surface area contributed by atoms with Crippen molar-refractivity contribution in [3.8, 4) is 0 Å². The average Bonchev–Trinajstić information content (AvgIpc) is 2.34. The van der Waals surface area contributed by atoms with Gasteiger partial charge in [0.15, 0.2) is 5.96 Å². The summed E-state index contributed by atoms with van der Waals surface area (Å²) in [4.78, 5) is 20.1. The normalized spacial score (nSPS) is 20.4. The van der Waals surface area contributed by atoms with Crippen LogP contribution in [0.3, 0.4) is 0 Å². The van der Waals surface area contributed by atoms with Gasteiger partial charge in [-0.2, -0.15) is 0 Å². The van der Waals surface area contributed by atoms with Gasteiger partial charge in [0.05, 0.1) is 6.54 Å². The van der Waals surface area contributed by atoms with E-state index in [2.05, 4.69) is 49.8 Å². The van der Waals surface area contributed by atoms with Crippen LogP contribution in [-0.2, 0) is 4.79 Å². The van der Waals surface area contributed by atoms with Crippen LogP contribution in [0.15, 0.2) is 4.99 Å². The number of hydrogen-bond donors (Lipinski definition) is 1. The lowest BCUT2D eigenvalue weighted by Crippen LogP contribution is -2.72. The highest BCUT2D eigenvalue weighted by Crippen LogP contribution is 2.46. The molecule has 1 amide bonds. The lowest BCUT2D eigenvalue weighted by atomic mass is 9.65. The molecule has 0 radical (unpaired) electrons. The molecule has 0 atom stereocenters. The molecule has 1 N–H and O–H groups in total. The van der Waals surface area contributed by atoms with Gasteiger partial charge in [-0.25, -0.2) is 0 Å². The number of hydrogen-bond acceptors (Lipinski definition) is 2. The molecular formula is C15H30N4O. The molecule has 0 aromatic rings. The van der Waals surface area contributed by atoms with Gasteiger partial charge in [-0.15, -0.1) is 0 Å². The number of aliphatic imine (C=N–C) groups is 1. The first-order valence-electron chi connectivity index (χ1n) is 7.39. The highest BCUT2D eigenvalue weighted by Gasteiger charge is 2.53. The number of nitrogens with zero attached hydrogens (tertiary/aromatic N) is 3. The van der Waals surface area contributed by atoms with Gasteiger partial charge >= 0.3 is 0 Å². The summed E-state index contributed by atoms with van der Waals surface area (Å²) < 4.78 is 0. The van der Waals surface area contributed by atoms with E-state index in [0.717, 1.165) is 19.0 Å². The summed E-state index contributed by atoms with van der Waals surface area (Å²) in [6.07, 6.45) is 0.458. The predicted molar refractivity (Wildman–Crippen MR) is 83.9 cm³/mol. The van der Waals surface area contributed by atoms with E-state index in [-0.39, 0.29) is 16.9 Å². The molecule has 1 heterocycles. The Morgan fingerprint density at radius 1 is 1.30 bits per heavy atom. The second-order valence-electron chi connectivity index (χ2n) is 6.80. The number of rotatable bonds is 4. The molecule has 0 aliphatic carbocycles. The number of likely N-dealkylation sites (tertiary alicyclic amines) is 1. The maximum atomic E-state index is 11.6. The lowest BCUT2D eigenvalue weighted by molar-refractivity contribution is -0.128. The highest BCUT2D eigenvalue weighted by atomic mass is 16.2. The largest absolute Gasteiger partial charge is 0.356 e. The molecule has 1 rings (SSSR count). The third-order valence-electron chi connectivity index (χ3n) is 4.56. The molecule has 5 nitrogen and oxygen atoms in total. The van der Waals surface area contributed by atoms with Crippen LogP contribution in [-0.4, -0.2) is 60.9 Å². The van der Waals surface area contributed by atoms with Crippen LogP contribution in [0.4, 0.5) is 0 Å². The molecule has 0 spiro atoms. The molecule has 0 bridgehead atoms. The van der Waals surface area contributed by atoms with E-state index in [1.807, 2.05) is 0 Å². The molecule has 116 valence electrons. The molecule has 1 aliphatic heterocycles. The van der Waals surface area contributed by atoms with Crippen molar-refractivity contribution in [3.05, 3.63) is 0 Å². The highest BCUT2D eigenvalue weighted by molar-refractivity contribution is 5.82. The molecule has 0 aromatic carbocycles. The molecule has 1 aliphatic rings. The van der Waals surface area contributed by atoms with Crippen molar-refractivity contribution in [1.29, 1.82) is 0 Å². The Kier molecular flexibility index (Phi) is 5.05. The first-order chi connectivity index (χ1) is 9.13. The van der Waals surface area contributed by atoms with E-state index in [1.54, 1.807) is 19.0 Å². The van der Waals surface area contributed by atoms with Crippen molar-refractivity contribution in [2.45, 2.75) is 46.6 Å². The summed E-state index contributed by atoms with van der Waals surface area (Å²) in [5.74, 6) is 1.04. The Labute approximate surface area is 123 Å². The second kappa shape index (κ2) is 6.02. The molecule has 20 heavy (non-hydrogen) atoms. The van der Waals surface area contributed by atoms with Crippen LogP contribution in [0, 0.1) is 5.41 Å². The summed E-state index contributed by atoms with van der Waals surface area (Å²) in [6, 6.07) is 0. The van der Waals surface area contributed by atoms with Gasteiger partial charge in [0.1, 0.15) is 0 Å². The van der Waals surface area contributed by atoms with Gasteiger partial charge in [-0.3, -0.25) is 9.79 Å². The third kappa shape index (κ3) is 3.25. The molecule has 0 saturated carbocycles. The number of amides is 1. The van der Waals surface area contributed by atoms with Gasteiger partial charge in [0.2, 0.25) is 5.91 Å². The Morgan fingerprint density at radius 2 is 1.90 bits per heavy atom. The van der Waals surface area contributed by atoms with Gasteiger partial charge < -0.3 is 15.1 Å². The first-order valence-corrected chi connectivity index (χ1v) is 7.39. The minimum absolute atomic E-state index is 0.0829. The van der Waals surface area contributed by atoms with E-state index in [1.165, 1.54) is 0 Å². The van der Waals surface area contributed by atoms with Gasteiger partial charge in [0, 0.05) is 44.6 Å². The molecule has 0 aromatic heterocycles. The van der Waals surface area contributed by atoms with Crippen molar-refractivity contribution in [1.82, 2.24) is 15.1 Å². The van der Waals surface area contributed by atoms with E-state index in [0.29, 0.717) is 13.0 Å². The van der Waals surface area contributed by atoms with E-state index in [9.17, 15) is 4.79 Å². The Balaban J connectivity index is 2.69. The van der Waals surface area contributed by atoms with Crippen LogP contribution in [0.2, 0.25) is 0 Å². The fourth-order valence-corrected chi connectivity index (χ4v) is 2.28. The predicted octanol–water partition coefficient (Wildman–Crippen LogP) is 1.55. The van der Waals surface area contributed by atoms with Gasteiger partial charge in [-0.1, -0.05) is 13.8 Å². The Morgan fingerprint density at radius 3 is 2.30 bits per heavy atom. The number of nitrogens with one attached hydrogen (secondary N) is 1. The number of carbonyl (C=O) groups is 1. The topological polar surface area (TPSA) is 47.9 Å². The maximum Gasteiger partial charge on any atom is 0.223 e. The van der Waals surface area contributed by atoms with Crippen molar-refractivity contribution in [2.75, 3.05) is 33.7 Å². The average molecular weight is 282 g/mol. The summed E-state index contributed by atoms with van der Waals surface area (Å²) >= 11 is 0. The minimum Gasteiger partial charge on any atom is -0.356 e. The van der Waals surface area contributed by atoms with Crippen LogP contribution in [0.25, 0.3) is 0 Å². The zero-order valence-electron chi connectivity index (χ0n) is 14.1. The van der Waals surface area contributed by atoms with Crippen LogP contribution in [0.1, 0.15) is 41.0 Å². The summed E-state index contributed by atoms with van der Waals surface area (Å²) in [5, 5.41) is 3.33. The summed E-state index contributed by atoms with van der Waals surface area (Å²) in [6.45, 7) is 13.5. The van der Waals surface area contributed by atoms with Crippen molar-refractivity contribution < 1.29 is 4.79 Å². The number of guanidine groups is 1. The zero-order chi connectivity index (χ0) is 15.6. The van der Waals surface area contributed by atoms with Crippen molar-refractivity contribution in [3.63, 3.8) is 0 Å². The van der Waals surface area contributed by atoms with E-state index < -0.39 is 0 Å². The van der Waals surface area contributed by atoms with E-state index >= 15 is 0 Å². The molecular weight excluding hydrogens is 252 g/mol. The fourth-order valence-electron chi connectivity index (χ4n) is 2.28. The SMILES string of the molecule is CCNC(=NCCC(=O)N(C)C)N1CC(C)(C)C1(C)C. The second-order valence-corrected chi connectivity index (χ2v) is 6.80. The summed E-state index contributed by atoms with van der Waals surface area (Å²) in [7, 11) is 3.55. The maximum absolute atomic E-state index is 11.6. The van der Waals surface area contributed by atoms with E-state index in [4.69, 9.17) is 0 Å². The molecule has 1 saturated heterocycles. The number of carbonyl (C=O) groups excluding carboxylic acids is 1. The monoisotopic (exact) mass is 282 g/mol. The molecule has 0 unspecified atom stereocenters. The van der Waals surface area contributed by atoms with Gasteiger partial charge in [0.25, 0.3) is 0 Å². The van der Waals surface area contributed by atoms with Crippen LogP contribution >= 0.6 is 0 Å². The smallest absolute Gasteiger partial charge is 0.223 e. The van der Waals surface area contributed by atoms with Gasteiger partial charge in [-0.05, 0) is 20.8 Å². The Bertz CT molecular complexity index is 385. The molecule has 5 heteroatoms. The summed E-state index contributed by atoms with van der Waals surface area (Å²) in [5.41, 5.74) is 0.363. The zero-order valence-corrected chi connectivity index (χ0v) is 14.1. The third-order valence-corrected chi connectivity index (χ3v) is 4.56. The van der Waals surface area contributed by atoms with Crippen LogP contribution < -0.4 is 5.32 Å².